The molecule has 0 radical (unpaired) electrons. The molecule has 0 saturated carbocycles. The number of phosphoric ester groups is 3. The van der Waals surface area contributed by atoms with Crippen LogP contribution in [0.2, 0.25) is 0 Å². The Balaban J connectivity index is 1.05. The van der Waals surface area contributed by atoms with Gasteiger partial charge in [-0.15, -0.1) is 0 Å². The van der Waals surface area contributed by atoms with Crippen LogP contribution >= 0.6 is 35.2 Å². The van der Waals surface area contributed by atoms with Gasteiger partial charge in [-0.05, 0) is 16.8 Å². The molecule has 1 fully saturated rings. The van der Waals surface area contributed by atoms with Crippen molar-refractivity contribution in [3.63, 3.8) is 0 Å². The Labute approximate surface area is 344 Å². The number of aliphatic hydroxyl groups excluding tert-OH is 2. The molecule has 4 aromatic rings. The van der Waals surface area contributed by atoms with Crippen LogP contribution in [0.4, 0.5) is 5.82 Å². The van der Waals surface area contributed by atoms with E-state index in [-0.39, 0.29) is 47.4 Å². The van der Waals surface area contributed by atoms with Crippen LogP contribution in [0.3, 0.4) is 0 Å². The van der Waals surface area contributed by atoms with Crippen molar-refractivity contribution in [3.05, 3.63) is 60.7 Å². The van der Waals surface area contributed by atoms with E-state index in [9.17, 15) is 57.9 Å². The number of nitrogens with two attached hydrogens (primary N) is 1. The maximum atomic E-state index is 12.7. The molecular formula is C32H38N7O17P3S-4. The predicted molar refractivity (Wildman–Crippen MR) is 201 cm³/mol. The average molecular weight is 918 g/mol. The minimum Gasteiger partial charge on any atom is -0.790 e. The second-order valence-electron chi connectivity index (χ2n) is 13.6. The standard InChI is InChI=1S/C32H42N7O17P3S/c1-32(2,26(42)29(43)35-11-10-22(40)34-12-13-60-31(44)20-9-5-7-18-6-3-4-8-19(18)20)15-53-59(50,51)56-58(48,49)52-14-21-25(55-57(45,46)47)24(41)30(54-21)39-17-38-23-27(33)36-16-37-28(23)39/h3-9,16-17,21,24-26,30,41-42H,10-15H2,1-2H3,(H,34,40)(H,35,43)(H,48,49)(H,50,51)(H2,33,36,37)(H2,45,46,47)/p-4/t21-,24-,25-,26+,30-/m1/s1. The lowest BCUT2D eigenvalue weighted by Gasteiger charge is -2.36. The van der Waals surface area contributed by atoms with Gasteiger partial charge >= 0.3 is 0 Å². The molecular weight excluding hydrogens is 879 g/mol. The Morgan fingerprint density at radius 3 is 2.43 bits per heavy atom. The third-order valence-electron chi connectivity index (χ3n) is 8.72. The highest BCUT2D eigenvalue weighted by Gasteiger charge is 2.47. The normalized spacial score (nSPS) is 21.0. The number of carbonyl (C=O) groups is 3. The molecule has 7 atom stereocenters. The fraction of sp³-hybridized carbons (Fsp3) is 0.438. The number of fused-ring (bicyclic) bond motifs is 2. The van der Waals surface area contributed by atoms with E-state index in [4.69, 9.17) is 10.5 Å². The van der Waals surface area contributed by atoms with Gasteiger partial charge in [0.15, 0.2) is 17.7 Å². The van der Waals surface area contributed by atoms with Crippen molar-refractivity contribution in [1.82, 2.24) is 30.2 Å². The van der Waals surface area contributed by atoms with Crippen LogP contribution in [-0.2, 0) is 45.9 Å². The molecule has 0 bridgehead atoms. The number of thioether (sulfide) groups is 1. The first-order chi connectivity index (χ1) is 28.1. The van der Waals surface area contributed by atoms with Crippen LogP contribution in [0, 0.1) is 5.41 Å². The number of anilines is 1. The van der Waals surface area contributed by atoms with E-state index in [0.717, 1.165) is 39.8 Å². The summed E-state index contributed by atoms with van der Waals surface area (Å²) in [5.74, 6) is -1.30. The van der Waals surface area contributed by atoms with Crippen LogP contribution in [0.25, 0.3) is 21.9 Å². The molecule has 24 nitrogen and oxygen atoms in total. The second kappa shape index (κ2) is 19.5. The third-order valence-corrected chi connectivity index (χ3v) is 12.6. The van der Waals surface area contributed by atoms with Crippen molar-refractivity contribution in [3.8, 4) is 0 Å². The van der Waals surface area contributed by atoms with Crippen molar-refractivity contribution >= 4 is 79.9 Å². The average Bonchev–Trinajstić information content (AvgIpc) is 3.74. The summed E-state index contributed by atoms with van der Waals surface area (Å²) in [6, 6.07) is 12.8. The molecule has 60 heavy (non-hydrogen) atoms. The van der Waals surface area contributed by atoms with Gasteiger partial charge in [0.05, 0.1) is 27.4 Å². The Morgan fingerprint density at radius 2 is 1.70 bits per heavy atom. The molecule has 328 valence electrons. The van der Waals surface area contributed by atoms with Crippen LogP contribution in [0.5, 0.6) is 0 Å². The lowest BCUT2D eigenvalue weighted by atomic mass is 9.87. The molecule has 0 aliphatic carbocycles. The van der Waals surface area contributed by atoms with Crippen molar-refractivity contribution in [1.29, 1.82) is 0 Å². The van der Waals surface area contributed by atoms with Crippen molar-refractivity contribution in [2.45, 2.75) is 50.9 Å². The van der Waals surface area contributed by atoms with Crippen LogP contribution in [0.1, 0.15) is 36.9 Å². The SMILES string of the molecule is CC(C)(COP(=O)([O-])OP(=O)([O-])OC[C@H]1O[C@@H](n2cnc3c(N)ncnc32)[C@H](O)[C@@H]1OP(=O)([O-])[O-])[C@@H](O)C(=O)NCCC(=O)NCCSC(=O)c1cccc2ccccc12. The summed E-state index contributed by atoms with van der Waals surface area (Å²) in [6.45, 7) is 0.0239. The first-order valence-corrected chi connectivity index (χ1v) is 22.9. The minimum absolute atomic E-state index is 0.0234. The number of carbonyl (C=O) groups excluding carboxylic acids is 3. The first-order valence-electron chi connectivity index (χ1n) is 17.5. The topological polar surface area (TPSA) is 375 Å². The van der Waals surface area contributed by atoms with E-state index >= 15 is 0 Å². The van der Waals surface area contributed by atoms with E-state index < -0.39 is 84.6 Å². The monoisotopic (exact) mass is 917 g/mol. The highest BCUT2D eigenvalue weighted by molar-refractivity contribution is 8.14. The maximum absolute atomic E-state index is 12.7. The molecule has 2 aromatic carbocycles. The Hall–Kier alpha value is -3.74. The fourth-order valence-electron chi connectivity index (χ4n) is 5.73. The summed E-state index contributed by atoms with van der Waals surface area (Å²) in [5.41, 5.74) is 4.60. The molecule has 5 rings (SSSR count). The quantitative estimate of drug-likeness (QED) is 0.0503. The smallest absolute Gasteiger partial charge is 0.274 e. The van der Waals surface area contributed by atoms with Crippen LogP contribution in [-0.4, -0.2) is 103 Å². The minimum atomic E-state index is -5.92. The number of benzene rings is 2. The molecule has 6 N–H and O–H groups in total. The van der Waals surface area contributed by atoms with Gasteiger partial charge in [-0.3, -0.25) is 28.1 Å². The highest BCUT2D eigenvalue weighted by Crippen LogP contribution is 2.56. The van der Waals surface area contributed by atoms with E-state index in [2.05, 4.69) is 43.5 Å². The van der Waals surface area contributed by atoms with Gasteiger partial charge in [0.2, 0.25) is 16.9 Å². The zero-order valence-corrected chi connectivity index (χ0v) is 35.0. The third kappa shape index (κ3) is 12.4. The maximum Gasteiger partial charge on any atom is 0.274 e. The molecule has 2 unspecified atom stereocenters. The van der Waals surface area contributed by atoms with Crippen molar-refractivity contribution < 1.29 is 80.5 Å². The van der Waals surface area contributed by atoms with Crippen molar-refractivity contribution in [2.75, 3.05) is 37.8 Å². The van der Waals surface area contributed by atoms with Crippen LogP contribution < -0.4 is 35.9 Å². The number of hydrogen-bond acceptors (Lipinski definition) is 22. The molecule has 1 aliphatic rings. The number of amides is 2. The number of ether oxygens (including phenoxy) is 1. The number of nitrogens with zero attached hydrogens (tertiary/aromatic N) is 4. The van der Waals surface area contributed by atoms with Crippen molar-refractivity contribution in [2.24, 2.45) is 5.41 Å². The summed E-state index contributed by atoms with van der Waals surface area (Å²) in [4.78, 5) is 97.2. The summed E-state index contributed by atoms with van der Waals surface area (Å²) < 4.78 is 60.7. The van der Waals surface area contributed by atoms with E-state index in [0.29, 0.717) is 5.56 Å². The van der Waals surface area contributed by atoms with Gasteiger partial charge in [-0.2, -0.15) is 0 Å². The van der Waals surface area contributed by atoms with Crippen LogP contribution in [0.15, 0.2) is 55.1 Å². The molecule has 3 heterocycles. The molecule has 1 aliphatic heterocycles. The van der Waals surface area contributed by atoms with E-state index in [1.165, 1.54) is 13.8 Å². The van der Waals surface area contributed by atoms with E-state index in [1.54, 1.807) is 12.1 Å². The molecule has 1 saturated heterocycles. The zero-order chi connectivity index (χ0) is 44.0. The summed E-state index contributed by atoms with van der Waals surface area (Å²) in [7, 11) is -17.6. The lowest BCUT2D eigenvalue weighted by Crippen LogP contribution is -2.46. The number of aromatic nitrogens is 4. The van der Waals surface area contributed by atoms with Gasteiger partial charge in [0.1, 0.15) is 36.3 Å². The lowest BCUT2D eigenvalue weighted by molar-refractivity contribution is -0.347. The second-order valence-corrected chi connectivity index (χ2v) is 18.8. The number of nitrogen functional groups attached to an aromatic ring is 1. The first kappa shape index (κ1) is 47.3. The number of phosphoric acid groups is 3. The van der Waals surface area contributed by atoms with Gasteiger partial charge in [0, 0.05) is 36.2 Å². The molecule has 28 heteroatoms. The predicted octanol–water partition coefficient (Wildman–Crippen LogP) is -1.40. The van der Waals surface area contributed by atoms with E-state index in [1.807, 2.05) is 30.3 Å². The summed E-state index contributed by atoms with van der Waals surface area (Å²) in [5, 5.41) is 27.9. The van der Waals surface area contributed by atoms with Gasteiger partial charge in [-0.25, -0.2) is 19.3 Å². The molecule has 0 spiro atoms. The molecule has 2 amide bonds. The molecule has 2 aromatic heterocycles. The highest BCUT2D eigenvalue weighted by atomic mass is 32.2. The van der Waals surface area contributed by atoms with Gasteiger partial charge in [-0.1, -0.05) is 62.0 Å². The number of nitrogens with one attached hydrogen (secondary N) is 2. The number of imidazole rings is 1. The number of hydrogen-bond donors (Lipinski definition) is 5. The largest absolute Gasteiger partial charge is 0.790 e. The Bertz CT molecular complexity index is 2340. The summed E-state index contributed by atoms with van der Waals surface area (Å²) >= 11 is 1.03. The fourth-order valence-corrected chi connectivity index (χ4v) is 9.19. The zero-order valence-electron chi connectivity index (χ0n) is 31.5. The number of aliphatic hydroxyl groups is 2. The van der Waals surface area contributed by atoms with Gasteiger partial charge < -0.3 is 69.0 Å². The summed E-state index contributed by atoms with van der Waals surface area (Å²) in [6.07, 6.45) is -7.64. The number of rotatable bonds is 20. The Morgan fingerprint density at radius 1 is 1.00 bits per heavy atom. The Kier molecular flexibility index (Phi) is 15.4. The van der Waals surface area contributed by atoms with Gasteiger partial charge in [0.25, 0.3) is 15.6 Å².